The van der Waals surface area contributed by atoms with Crippen LogP contribution in [0.15, 0.2) is 6.07 Å². The number of aliphatic hydroxyl groups is 1. The average Bonchev–Trinajstić information content (AvgIpc) is 2.54. The summed E-state index contributed by atoms with van der Waals surface area (Å²) in [4.78, 5) is 25.9. The number of amides is 2. The first-order valence-corrected chi connectivity index (χ1v) is 8.34. The minimum absolute atomic E-state index is 0.0387. The largest absolute Gasteiger partial charge is 0.465 e. The Hall–Kier alpha value is -0.840. The smallest absolute Gasteiger partial charge is 0.407 e. The monoisotopic (exact) mass is 476 g/mol. The highest BCUT2D eigenvalue weighted by molar-refractivity contribution is 14.1. The zero-order valence-corrected chi connectivity index (χ0v) is 15.3. The van der Waals surface area contributed by atoms with Gasteiger partial charge in [-0.25, -0.2) is 9.18 Å². The molecule has 1 aromatic carbocycles. The van der Waals surface area contributed by atoms with Crippen LogP contribution in [-0.4, -0.2) is 64.3 Å². The van der Waals surface area contributed by atoms with Gasteiger partial charge in [0.2, 0.25) is 0 Å². The number of aliphatic hydroxyl groups excluding tert-OH is 1. The van der Waals surface area contributed by atoms with Gasteiger partial charge in [-0.15, -0.1) is 0 Å². The van der Waals surface area contributed by atoms with Gasteiger partial charge in [-0.2, -0.15) is 0 Å². The van der Waals surface area contributed by atoms with Crippen LogP contribution in [0.5, 0.6) is 0 Å². The number of piperazine rings is 1. The van der Waals surface area contributed by atoms with E-state index in [1.165, 1.54) is 11.0 Å². The van der Waals surface area contributed by atoms with Crippen LogP contribution in [0.25, 0.3) is 0 Å². The van der Waals surface area contributed by atoms with Crippen LogP contribution in [0, 0.1) is 9.39 Å². The molecule has 1 aliphatic rings. The van der Waals surface area contributed by atoms with Crippen LogP contribution in [0.3, 0.4) is 0 Å². The summed E-state index contributed by atoms with van der Waals surface area (Å²) < 4.78 is 14.6. The van der Waals surface area contributed by atoms with Gasteiger partial charge in [0.25, 0.3) is 5.91 Å². The van der Waals surface area contributed by atoms with Gasteiger partial charge in [0.1, 0.15) is 0 Å². The quantitative estimate of drug-likeness (QED) is 0.390. The van der Waals surface area contributed by atoms with E-state index in [1.807, 2.05) is 0 Å². The van der Waals surface area contributed by atoms with Crippen LogP contribution in [0.2, 0.25) is 10.0 Å². The topological polar surface area (TPSA) is 81.1 Å². The van der Waals surface area contributed by atoms with Gasteiger partial charge in [-0.3, -0.25) is 4.79 Å². The number of halogens is 4. The summed E-state index contributed by atoms with van der Waals surface area (Å²) in [5.41, 5.74) is -0.303. The molecule has 126 valence electrons. The molecule has 0 spiro atoms. The van der Waals surface area contributed by atoms with Gasteiger partial charge in [0.15, 0.2) is 5.82 Å². The summed E-state index contributed by atoms with van der Waals surface area (Å²) in [5.74, 6) is -1.57. The Balaban J connectivity index is 2.32. The standard InChI is InChI=1S/C13H12Cl2FIN2O4/c14-8-3-7(10(16)9(15)11(8)17)12(21)19-2-1-18(13(22)23)4-6(19)5-20/h3,6,20H,1-2,4-5H2,(H,22,23)/t6-/m1/s1. The fourth-order valence-corrected chi connectivity index (χ4v) is 3.18. The maximum absolute atomic E-state index is 14.3. The molecular weight excluding hydrogens is 465 g/mol. The number of carbonyl (C=O) groups excluding carboxylic acids is 1. The third kappa shape index (κ3) is 3.65. The predicted molar refractivity (Wildman–Crippen MR) is 90.6 cm³/mol. The number of carbonyl (C=O) groups is 2. The normalized spacial score (nSPS) is 18.2. The van der Waals surface area contributed by atoms with Crippen LogP contribution in [-0.2, 0) is 0 Å². The van der Waals surface area contributed by atoms with Crippen molar-refractivity contribution in [2.75, 3.05) is 26.2 Å². The van der Waals surface area contributed by atoms with Gasteiger partial charge in [0.05, 0.1) is 31.8 Å². The van der Waals surface area contributed by atoms with E-state index < -0.39 is 30.5 Å². The molecule has 10 heteroatoms. The highest BCUT2D eigenvalue weighted by Crippen LogP contribution is 2.32. The number of benzene rings is 1. The Morgan fingerprint density at radius 3 is 2.61 bits per heavy atom. The molecular formula is C13H12Cl2FIN2O4. The summed E-state index contributed by atoms with van der Waals surface area (Å²) in [5, 5.41) is 18.3. The third-order valence-electron chi connectivity index (χ3n) is 3.56. The molecule has 1 aromatic rings. The van der Waals surface area contributed by atoms with E-state index in [1.54, 1.807) is 22.6 Å². The number of carboxylic acid groups (broad SMARTS) is 1. The first-order chi connectivity index (χ1) is 10.8. The lowest BCUT2D eigenvalue weighted by Gasteiger charge is -2.39. The van der Waals surface area contributed by atoms with Gasteiger partial charge in [-0.05, 0) is 28.7 Å². The van der Waals surface area contributed by atoms with E-state index in [0.29, 0.717) is 3.57 Å². The molecule has 23 heavy (non-hydrogen) atoms. The van der Waals surface area contributed by atoms with Crippen molar-refractivity contribution in [3.8, 4) is 0 Å². The Morgan fingerprint density at radius 1 is 1.39 bits per heavy atom. The second-order valence-corrected chi connectivity index (χ2v) is 6.78. The predicted octanol–water partition coefficient (Wildman–Crippen LogP) is 2.53. The van der Waals surface area contributed by atoms with Crippen LogP contribution >= 0.6 is 45.8 Å². The molecule has 1 atom stereocenters. The SMILES string of the molecule is O=C(O)N1CCN(C(=O)c2cc(Cl)c(I)c(Cl)c2F)[C@@H](CO)C1. The molecule has 1 saturated heterocycles. The van der Waals surface area contributed by atoms with Gasteiger partial charge in [0, 0.05) is 19.6 Å². The van der Waals surface area contributed by atoms with Crippen molar-refractivity contribution in [3.63, 3.8) is 0 Å². The molecule has 0 radical (unpaired) electrons. The van der Waals surface area contributed by atoms with Crippen LogP contribution < -0.4 is 0 Å². The fourth-order valence-electron chi connectivity index (χ4n) is 2.34. The lowest BCUT2D eigenvalue weighted by Crippen LogP contribution is -2.57. The fraction of sp³-hybridized carbons (Fsp3) is 0.385. The molecule has 1 fully saturated rings. The molecule has 0 bridgehead atoms. The van der Waals surface area contributed by atoms with E-state index in [4.69, 9.17) is 28.3 Å². The third-order valence-corrected chi connectivity index (χ3v) is 5.97. The average molecular weight is 477 g/mol. The zero-order chi connectivity index (χ0) is 17.3. The van der Waals surface area contributed by atoms with E-state index in [2.05, 4.69) is 0 Å². The van der Waals surface area contributed by atoms with Crippen molar-refractivity contribution in [2.24, 2.45) is 0 Å². The molecule has 0 aromatic heterocycles. The minimum Gasteiger partial charge on any atom is -0.465 e. The maximum Gasteiger partial charge on any atom is 0.407 e. The van der Waals surface area contributed by atoms with E-state index in [0.717, 1.165) is 4.90 Å². The first kappa shape index (κ1) is 18.5. The second-order valence-electron chi connectivity index (χ2n) is 4.91. The Kier molecular flexibility index (Phi) is 5.93. The van der Waals surface area contributed by atoms with Crippen molar-refractivity contribution in [1.29, 1.82) is 0 Å². The molecule has 0 aliphatic carbocycles. The first-order valence-electron chi connectivity index (χ1n) is 6.50. The molecule has 2 amide bonds. The molecule has 6 nitrogen and oxygen atoms in total. The van der Waals surface area contributed by atoms with Crippen molar-refractivity contribution < 1.29 is 24.2 Å². The Labute approximate surface area is 154 Å². The van der Waals surface area contributed by atoms with Crippen molar-refractivity contribution in [3.05, 3.63) is 31.1 Å². The highest BCUT2D eigenvalue weighted by atomic mass is 127. The lowest BCUT2D eigenvalue weighted by atomic mass is 10.1. The number of hydrogen-bond acceptors (Lipinski definition) is 3. The summed E-state index contributed by atoms with van der Waals surface area (Å²) in [6, 6.07) is 0.425. The molecule has 2 N–H and O–H groups in total. The van der Waals surface area contributed by atoms with Crippen LogP contribution in [0.1, 0.15) is 10.4 Å². The summed E-state index contributed by atoms with van der Waals surface area (Å²) in [6.45, 7) is -0.379. The molecule has 0 saturated carbocycles. The number of hydrogen-bond donors (Lipinski definition) is 2. The lowest BCUT2D eigenvalue weighted by molar-refractivity contribution is 0.0306. The molecule has 2 rings (SSSR count). The van der Waals surface area contributed by atoms with Crippen molar-refractivity contribution >= 4 is 57.8 Å². The van der Waals surface area contributed by atoms with E-state index >= 15 is 0 Å². The zero-order valence-electron chi connectivity index (χ0n) is 11.6. The Morgan fingerprint density at radius 2 is 2.04 bits per heavy atom. The molecule has 1 heterocycles. The van der Waals surface area contributed by atoms with Gasteiger partial charge >= 0.3 is 6.09 Å². The summed E-state index contributed by atoms with van der Waals surface area (Å²) in [6.07, 6.45) is -1.14. The van der Waals surface area contributed by atoms with E-state index in [9.17, 15) is 19.1 Å². The number of nitrogens with zero attached hydrogens (tertiary/aromatic N) is 2. The molecule has 1 aliphatic heterocycles. The van der Waals surface area contributed by atoms with Gasteiger partial charge in [-0.1, -0.05) is 23.2 Å². The maximum atomic E-state index is 14.3. The minimum atomic E-state index is -1.14. The van der Waals surface area contributed by atoms with Crippen molar-refractivity contribution in [1.82, 2.24) is 9.80 Å². The van der Waals surface area contributed by atoms with Crippen LogP contribution in [0.4, 0.5) is 9.18 Å². The second kappa shape index (κ2) is 7.37. The highest BCUT2D eigenvalue weighted by Gasteiger charge is 2.34. The summed E-state index contributed by atoms with van der Waals surface area (Å²) >= 11 is 13.5. The van der Waals surface area contributed by atoms with Crippen molar-refractivity contribution in [2.45, 2.75) is 6.04 Å². The number of rotatable bonds is 2. The Bertz CT molecular complexity index is 661. The summed E-state index contributed by atoms with van der Waals surface area (Å²) in [7, 11) is 0. The van der Waals surface area contributed by atoms with E-state index in [-0.39, 0.29) is 35.2 Å². The van der Waals surface area contributed by atoms with Gasteiger partial charge < -0.3 is 20.0 Å². The molecule has 0 unspecified atom stereocenters.